The molecular formula is C23H26O2. The Morgan fingerprint density at radius 3 is 2.00 bits per heavy atom. The molecule has 0 bridgehead atoms. The van der Waals surface area contributed by atoms with Crippen LogP contribution in [0.3, 0.4) is 0 Å². The van der Waals surface area contributed by atoms with E-state index in [4.69, 9.17) is 5.11 Å². The smallest absolute Gasteiger partial charge is 0.335 e. The summed E-state index contributed by atoms with van der Waals surface area (Å²) in [6.07, 6.45) is 4.13. The summed E-state index contributed by atoms with van der Waals surface area (Å²) in [5.41, 5.74) is 5.73. The molecule has 0 amide bonds. The fourth-order valence-electron chi connectivity index (χ4n) is 4.06. The van der Waals surface area contributed by atoms with Gasteiger partial charge in [-0.15, -0.1) is 0 Å². The van der Waals surface area contributed by atoms with Gasteiger partial charge < -0.3 is 5.11 Å². The van der Waals surface area contributed by atoms with E-state index in [0.717, 1.165) is 5.56 Å². The maximum Gasteiger partial charge on any atom is 0.335 e. The molecule has 3 rings (SSSR count). The van der Waals surface area contributed by atoms with E-state index >= 15 is 0 Å². The molecule has 1 aliphatic carbocycles. The molecule has 0 saturated carbocycles. The van der Waals surface area contributed by atoms with Crippen LogP contribution in [-0.4, -0.2) is 11.1 Å². The molecule has 130 valence electrons. The van der Waals surface area contributed by atoms with Crippen LogP contribution in [0, 0.1) is 5.92 Å². The Morgan fingerprint density at radius 2 is 1.40 bits per heavy atom. The Balaban J connectivity index is 1.91. The first-order valence-corrected chi connectivity index (χ1v) is 8.80. The molecule has 2 nitrogen and oxygen atoms in total. The number of carboxylic acid groups (broad SMARTS) is 1. The normalized spacial score (nSPS) is 20.6. The summed E-state index contributed by atoms with van der Waals surface area (Å²) >= 11 is 0. The Morgan fingerprint density at radius 1 is 0.880 bits per heavy atom. The molecule has 1 N–H and O–H groups in total. The van der Waals surface area contributed by atoms with E-state index in [-0.39, 0.29) is 10.8 Å². The summed E-state index contributed by atoms with van der Waals surface area (Å²) in [7, 11) is 0. The van der Waals surface area contributed by atoms with Crippen molar-refractivity contribution >= 4 is 18.1 Å². The minimum absolute atomic E-state index is 0.159. The summed E-state index contributed by atoms with van der Waals surface area (Å²) in [6, 6.07) is 13.7. The van der Waals surface area contributed by atoms with Crippen molar-refractivity contribution in [1.82, 2.24) is 0 Å². The van der Waals surface area contributed by atoms with Crippen molar-refractivity contribution < 1.29 is 9.90 Å². The Kier molecular flexibility index (Phi) is 4.10. The van der Waals surface area contributed by atoms with Crippen LogP contribution in [-0.2, 0) is 10.8 Å². The van der Waals surface area contributed by atoms with Gasteiger partial charge in [-0.2, -0.15) is 0 Å². The van der Waals surface area contributed by atoms with Crippen LogP contribution in [0.2, 0.25) is 0 Å². The monoisotopic (exact) mass is 334 g/mol. The lowest BCUT2D eigenvalue weighted by molar-refractivity contribution is 0.0697. The van der Waals surface area contributed by atoms with Gasteiger partial charge in [0.2, 0.25) is 0 Å². The summed E-state index contributed by atoms with van der Waals surface area (Å²) in [5.74, 6) is -0.314. The van der Waals surface area contributed by atoms with Gasteiger partial charge in [-0.1, -0.05) is 77.1 Å². The van der Waals surface area contributed by atoms with Crippen LogP contribution >= 0.6 is 0 Å². The predicted octanol–water partition coefficient (Wildman–Crippen LogP) is 5.76. The molecule has 0 saturated heterocycles. The van der Waals surface area contributed by atoms with Crippen LogP contribution in [0.4, 0.5) is 0 Å². The molecule has 2 heteroatoms. The lowest BCUT2D eigenvalue weighted by atomic mass is 9.71. The highest BCUT2D eigenvalue weighted by molar-refractivity contribution is 5.88. The average molecular weight is 334 g/mol. The quantitative estimate of drug-likeness (QED) is 0.725. The summed E-state index contributed by atoms with van der Waals surface area (Å²) < 4.78 is 0. The average Bonchev–Trinajstić information content (AvgIpc) is 2.71. The van der Waals surface area contributed by atoms with Crippen LogP contribution in [0.5, 0.6) is 0 Å². The third-order valence-electron chi connectivity index (χ3n) is 6.22. The summed E-state index contributed by atoms with van der Waals surface area (Å²) in [5, 5.41) is 8.97. The predicted molar refractivity (Wildman–Crippen MR) is 104 cm³/mol. The van der Waals surface area contributed by atoms with E-state index in [2.05, 4.69) is 58.9 Å². The second kappa shape index (κ2) is 5.87. The van der Waals surface area contributed by atoms with Crippen molar-refractivity contribution in [1.29, 1.82) is 0 Å². The van der Waals surface area contributed by atoms with Gasteiger partial charge in [0.1, 0.15) is 0 Å². The number of carboxylic acids is 1. The fourth-order valence-corrected chi connectivity index (χ4v) is 4.06. The number of rotatable bonds is 3. The van der Waals surface area contributed by atoms with Gasteiger partial charge in [0.15, 0.2) is 0 Å². The Hall–Kier alpha value is -2.35. The van der Waals surface area contributed by atoms with Crippen LogP contribution in [0.1, 0.15) is 67.2 Å². The second-order valence-electron chi connectivity index (χ2n) is 8.23. The van der Waals surface area contributed by atoms with Crippen molar-refractivity contribution in [3.63, 3.8) is 0 Å². The van der Waals surface area contributed by atoms with Gasteiger partial charge in [-0.25, -0.2) is 4.79 Å². The van der Waals surface area contributed by atoms with Crippen molar-refractivity contribution in [3.05, 3.63) is 70.3 Å². The molecule has 0 radical (unpaired) electrons. The molecule has 25 heavy (non-hydrogen) atoms. The number of fused-ring (bicyclic) bond motifs is 1. The van der Waals surface area contributed by atoms with Crippen molar-refractivity contribution in [2.75, 3.05) is 0 Å². The number of hydrogen-bond donors (Lipinski definition) is 1. The second-order valence-corrected chi connectivity index (χ2v) is 8.23. The maximum absolute atomic E-state index is 10.9. The Bertz CT molecular complexity index is 839. The third kappa shape index (κ3) is 2.90. The fraction of sp³-hybridized carbons (Fsp3) is 0.348. The van der Waals surface area contributed by atoms with Gasteiger partial charge in [0.05, 0.1) is 5.56 Å². The molecule has 2 aromatic rings. The first-order valence-electron chi connectivity index (χ1n) is 8.80. The van der Waals surface area contributed by atoms with Gasteiger partial charge >= 0.3 is 5.97 Å². The highest BCUT2D eigenvalue weighted by Gasteiger charge is 2.48. The summed E-state index contributed by atoms with van der Waals surface area (Å²) in [6.45, 7) is 11.7. The molecule has 0 aromatic heterocycles. The zero-order chi connectivity index (χ0) is 18.4. The topological polar surface area (TPSA) is 37.3 Å². The molecule has 1 unspecified atom stereocenters. The van der Waals surface area contributed by atoms with Crippen molar-refractivity contribution in [3.8, 4) is 0 Å². The first kappa shape index (κ1) is 17.5. The van der Waals surface area contributed by atoms with Gasteiger partial charge in [0.25, 0.3) is 0 Å². The van der Waals surface area contributed by atoms with Gasteiger partial charge in [-0.3, -0.25) is 0 Å². The largest absolute Gasteiger partial charge is 0.478 e. The molecule has 0 heterocycles. The van der Waals surface area contributed by atoms with Crippen LogP contribution < -0.4 is 0 Å². The first-order chi connectivity index (χ1) is 11.6. The van der Waals surface area contributed by atoms with E-state index < -0.39 is 5.97 Å². The number of aromatic carboxylic acids is 1. The van der Waals surface area contributed by atoms with E-state index in [1.165, 1.54) is 16.7 Å². The van der Waals surface area contributed by atoms with Crippen LogP contribution in [0.25, 0.3) is 12.2 Å². The lowest BCUT2D eigenvalue weighted by Crippen LogP contribution is -2.30. The highest BCUT2D eigenvalue weighted by Crippen LogP contribution is 2.53. The van der Waals surface area contributed by atoms with E-state index in [1.807, 2.05) is 18.2 Å². The SMILES string of the molecule is CC1C(C)(C)c2ccc(C=Cc3ccc(C(=O)O)cc3)cc2C1(C)C. The molecule has 1 aliphatic rings. The molecule has 0 aliphatic heterocycles. The van der Waals surface area contributed by atoms with Crippen molar-refractivity contribution in [2.24, 2.45) is 5.92 Å². The minimum Gasteiger partial charge on any atom is -0.478 e. The molecule has 0 spiro atoms. The number of hydrogen-bond acceptors (Lipinski definition) is 1. The van der Waals surface area contributed by atoms with E-state index in [1.54, 1.807) is 12.1 Å². The Labute approximate surface area is 150 Å². The minimum atomic E-state index is -0.895. The van der Waals surface area contributed by atoms with Crippen LogP contribution in [0.15, 0.2) is 42.5 Å². The van der Waals surface area contributed by atoms with E-state index in [0.29, 0.717) is 11.5 Å². The highest BCUT2D eigenvalue weighted by atomic mass is 16.4. The summed E-state index contributed by atoms with van der Waals surface area (Å²) in [4.78, 5) is 10.9. The molecular weight excluding hydrogens is 308 g/mol. The van der Waals surface area contributed by atoms with Gasteiger partial charge in [-0.05, 0) is 51.1 Å². The van der Waals surface area contributed by atoms with Gasteiger partial charge in [0, 0.05) is 0 Å². The third-order valence-corrected chi connectivity index (χ3v) is 6.22. The number of carbonyl (C=O) groups is 1. The molecule has 0 fully saturated rings. The van der Waals surface area contributed by atoms with Crippen molar-refractivity contribution in [2.45, 2.75) is 45.4 Å². The molecule has 2 aromatic carbocycles. The lowest BCUT2D eigenvalue weighted by Gasteiger charge is -2.32. The zero-order valence-corrected chi connectivity index (χ0v) is 15.6. The number of benzene rings is 2. The molecule has 1 atom stereocenters. The maximum atomic E-state index is 10.9. The van der Waals surface area contributed by atoms with E-state index in [9.17, 15) is 4.79 Å². The zero-order valence-electron chi connectivity index (χ0n) is 15.6. The standard InChI is InChI=1S/C23H26O2/c1-15-22(2,3)19-13-10-17(14-20(19)23(15,4)5)7-6-16-8-11-18(12-9-16)21(24)25/h6-15H,1-5H3,(H,24,25).